The maximum atomic E-state index is 11.3. The van der Waals surface area contributed by atoms with Crippen molar-refractivity contribution < 1.29 is 33.6 Å². The molecule has 1 heterocycles. The summed E-state index contributed by atoms with van der Waals surface area (Å²) in [7, 11) is 0. The average Bonchev–Trinajstić information content (AvgIpc) is 2.86. The Kier molecular flexibility index (Phi) is 9.86. The first kappa shape index (κ1) is 21.2. The molecular formula is C15H25N3O7. The standard InChI is InChI=1S/C15H25N3O7/c1-10(20)23-13-12(9-19)25-15(14(13)24-11(2)21)22-8-6-4-3-5-7-17-18-16/h12-15,19H,3-9H2,1-2H3/t12-,13?,14+,15-/m1/s1. The second-order valence-corrected chi connectivity index (χ2v) is 5.61. The molecule has 1 aliphatic heterocycles. The number of hydrogen-bond acceptors (Lipinski definition) is 8. The lowest BCUT2D eigenvalue weighted by molar-refractivity contribution is -0.189. The quantitative estimate of drug-likeness (QED) is 0.193. The highest BCUT2D eigenvalue weighted by Gasteiger charge is 2.49. The van der Waals surface area contributed by atoms with Crippen LogP contribution in [-0.2, 0) is 28.5 Å². The van der Waals surface area contributed by atoms with Gasteiger partial charge in [-0.1, -0.05) is 18.0 Å². The number of azide groups is 1. The third kappa shape index (κ3) is 7.70. The van der Waals surface area contributed by atoms with E-state index in [4.69, 9.17) is 24.5 Å². The first-order valence-corrected chi connectivity index (χ1v) is 8.22. The van der Waals surface area contributed by atoms with Gasteiger partial charge in [-0.15, -0.1) is 0 Å². The highest BCUT2D eigenvalue weighted by atomic mass is 16.7. The van der Waals surface area contributed by atoms with Gasteiger partial charge in [0.15, 0.2) is 18.5 Å². The van der Waals surface area contributed by atoms with Gasteiger partial charge in [0, 0.05) is 31.9 Å². The summed E-state index contributed by atoms with van der Waals surface area (Å²) in [5, 5.41) is 12.8. The van der Waals surface area contributed by atoms with E-state index in [1.54, 1.807) is 0 Å². The molecule has 0 saturated carbocycles. The number of rotatable bonds is 11. The number of nitrogens with zero attached hydrogens (tertiary/aromatic N) is 3. The summed E-state index contributed by atoms with van der Waals surface area (Å²) in [5.41, 5.74) is 8.17. The molecule has 1 fully saturated rings. The van der Waals surface area contributed by atoms with Crippen molar-refractivity contribution in [3.8, 4) is 0 Å². The molecule has 1 saturated heterocycles. The predicted molar refractivity (Wildman–Crippen MR) is 85.3 cm³/mol. The van der Waals surface area contributed by atoms with E-state index in [9.17, 15) is 14.7 Å². The molecule has 25 heavy (non-hydrogen) atoms. The Balaban J connectivity index is 2.47. The lowest BCUT2D eigenvalue weighted by atomic mass is 10.1. The van der Waals surface area contributed by atoms with E-state index in [2.05, 4.69) is 10.0 Å². The van der Waals surface area contributed by atoms with Crippen molar-refractivity contribution in [3.05, 3.63) is 10.4 Å². The van der Waals surface area contributed by atoms with Crippen LogP contribution < -0.4 is 0 Å². The Bertz CT molecular complexity index is 482. The van der Waals surface area contributed by atoms with E-state index in [0.717, 1.165) is 25.7 Å². The summed E-state index contributed by atoms with van der Waals surface area (Å²) in [6.07, 6.45) is -0.245. The van der Waals surface area contributed by atoms with Crippen molar-refractivity contribution in [2.24, 2.45) is 5.11 Å². The third-order valence-electron chi connectivity index (χ3n) is 3.55. The topological polar surface area (TPSA) is 140 Å². The zero-order valence-electron chi connectivity index (χ0n) is 14.5. The summed E-state index contributed by atoms with van der Waals surface area (Å²) in [6.45, 7) is 2.89. The van der Waals surface area contributed by atoms with Gasteiger partial charge < -0.3 is 24.1 Å². The molecule has 1 unspecified atom stereocenters. The number of hydrogen-bond donors (Lipinski definition) is 1. The number of ether oxygens (including phenoxy) is 4. The molecule has 142 valence electrons. The van der Waals surface area contributed by atoms with Crippen LogP contribution in [0.25, 0.3) is 10.4 Å². The Morgan fingerprint density at radius 3 is 2.36 bits per heavy atom. The SMILES string of the molecule is CC(=O)OC1[C@@H](CO)O[C@@H](OCCCCCCN=[N+]=[N-])[C@H]1OC(C)=O. The van der Waals surface area contributed by atoms with Crippen molar-refractivity contribution in [2.75, 3.05) is 19.8 Å². The molecule has 4 atom stereocenters. The van der Waals surface area contributed by atoms with Crippen molar-refractivity contribution in [2.45, 2.75) is 64.1 Å². The molecule has 0 aromatic rings. The van der Waals surface area contributed by atoms with Gasteiger partial charge in [0.05, 0.1) is 6.61 Å². The van der Waals surface area contributed by atoms with Crippen molar-refractivity contribution in [3.63, 3.8) is 0 Å². The van der Waals surface area contributed by atoms with Gasteiger partial charge in [-0.2, -0.15) is 0 Å². The minimum absolute atomic E-state index is 0.356. The molecule has 0 aliphatic carbocycles. The van der Waals surface area contributed by atoms with Gasteiger partial charge in [0.2, 0.25) is 0 Å². The summed E-state index contributed by atoms with van der Waals surface area (Å²) in [6, 6.07) is 0. The maximum Gasteiger partial charge on any atom is 0.303 e. The predicted octanol–water partition coefficient (Wildman–Crippen LogP) is 1.45. The van der Waals surface area contributed by atoms with Crippen LogP contribution in [0.1, 0.15) is 39.5 Å². The van der Waals surface area contributed by atoms with Gasteiger partial charge in [-0.3, -0.25) is 9.59 Å². The van der Waals surface area contributed by atoms with Crippen LogP contribution in [0.15, 0.2) is 5.11 Å². The Morgan fingerprint density at radius 2 is 1.76 bits per heavy atom. The zero-order chi connectivity index (χ0) is 18.7. The zero-order valence-corrected chi connectivity index (χ0v) is 14.5. The van der Waals surface area contributed by atoms with Gasteiger partial charge in [-0.05, 0) is 18.4 Å². The van der Waals surface area contributed by atoms with Crippen molar-refractivity contribution in [1.82, 2.24) is 0 Å². The fourth-order valence-electron chi connectivity index (χ4n) is 2.51. The molecule has 0 spiro atoms. The molecule has 0 radical (unpaired) electrons. The van der Waals surface area contributed by atoms with Crippen LogP contribution in [0, 0.1) is 0 Å². The summed E-state index contributed by atoms with van der Waals surface area (Å²) < 4.78 is 21.4. The van der Waals surface area contributed by atoms with Crippen LogP contribution in [0.4, 0.5) is 0 Å². The maximum absolute atomic E-state index is 11.3. The molecule has 0 aromatic heterocycles. The number of carbonyl (C=O) groups is 2. The minimum Gasteiger partial charge on any atom is -0.455 e. The number of esters is 2. The minimum atomic E-state index is -0.927. The monoisotopic (exact) mass is 359 g/mol. The van der Waals surface area contributed by atoms with E-state index < -0.39 is 43.1 Å². The average molecular weight is 359 g/mol. The van der Waals surface area contributed by atoms with E-state index >= 15 is 0 Å². The van der Waals surface area contributed by atoms with Gasteiger partial charge in [0.1, 0.15) is 6.10 Å². The third-order valence-corrected chi connectivity index (χ3v) is 3.55. The van der Waals surface area contributed by atoms with Crippen LogP contribution in [-0.4, -0.2) is 61.4 Å². The number of unbranched alkanes of at least 4 members (excludes halogenated alkanes) is 3. The fraction of sp³-hybridized carbons (Fsp3) is 0.867. The van der Waals surface area contributed by atoms with Crippen LogP contribution in [0.5, 0.6) is 0 Å². The smallest absolute Gasteiger partial charge is 0.303 e. The fourth-order valence-corrected chi connectivity index (χ4v) is 2.51. The molecule has 1 aliphatic rings. The van der Waals surface area contributed by atoms with Crippen LogP contribution >= 0.6 is 0 Å². The summed E-state index contributed by atoms with van der Waals surface area (Å²) >= 11 is 0. The highest BCUT2D eigenvalue weighted by Crippen LogP contribution is 2.28. The van der Waals surface area contributed by atoms with Crippen molar-refractivity contribution in [1.29, 1.82) is 0 Å². The molecule has 0 amide bonds. The Morgan fingerprint density at radius 1 is 1.12 bits per heavy atom. The van der Waals surface area contributed by atoms with Crippen molar-refractivity contribution >= 4 is 11.9 Å². The first-order valence-electron chi connectivity index (χ1n) is 8.22. The lowest BCUT2D eigenvalue weighted by Crippen LogP contribution is -2.41. The highest BCUT2D eigenvalue weighted by molar-refractivity contribution is 5.67. The summed E-state index contributed by atoms with van der Waals surface area (Å²) in [5.74, 6) is -1.12. The molecular weight excluding hydrogens is 334 g/mol. The second-order valence-electron chi connectivity index (χ2n) is 5.61. The molecule has 10 nitrogen and oxygen atoms in total. The largest absolute Gasteiger partial charge is 0.455 e. The molecule has 1 rings (SSSR count). The van der Waals surface area contributed by atoms with E-state index in [1.165, 1.54) is 13.8 Å². The molecule has 0 bridgehead atoms. The molecule has 0 aromatic carbocycles. The number of carbonyl (C=O) groups excluding carboxylic acids is 2. The van der Waals surface area contributed by atoms with Crippen LogP contribution in [0.2, 0.25) is 0 Å². The Hall–Kier alpha value is -1.87. The lowest BCUT2D eigenvalue weighted by Gasteiger charge is -2.22. The number of aliphatic hydroxyl groups excluding tert-OH is 1. The summed E-state index contributed by atoms with van der Waals surface area (Å²) in [4.78, 5) is 25.2. The number of aliphatic hydroxyl groups is 1. The second kappa shape index (κ2) is 11.6. The van der Waals surface area contributed by atoms with E-state index in [1.807, 2.05) is 0 Å². The van der Waals surface area contributed by atoms with E-state index in [0.29, 0.717) is 13.2 Å². The van der Waals surface area contributed by atoms with E-state index in [-0.39, 0.29) is 0 Å². The van der Waals surface area contributed by atoms with Gasteiger partial charge >= 0.3 is 11.9 Å². The Labute approximate surface area is 146 Å². The van der Waals surface area contributed by atoms with Gasteiger partial charge in [0.25, 0.3) is 0 Å². The molecule has 1 N–H and O–H groups in total. The van der Waals surface area contributed by atoms with Gasteiger partial charge in [-0.25, -0.2) is 0 Å². The molecule has 10 heteroatoms. The first-order chi connectivity index (χ1) is 12.0. The van der Waals surface area contributed by atoms with Crippen LogP contribution in [0.3, 0.4) is 0 Å². The normalized spacial score (nSPS) is 25.2.